The molecule has 58 heavy (non-hydrogen) atoms. The van der Waals surface area contributed by atoms with Gasteiger partial charge >= 0.3 is 17.9 Å². The Hall–Kier alpha value is -5.62. The number of aromatic amines is 1. The molecule has 0 radical (unpaired) electrons. The number of rotatable bonds is 15. The molecule has 0 spiro atoms. The van der Waals surface area contributed by atoms with Crippen LogP contribution < -0.4 is 16.2 Å². The molecule has 2 aromatic carbocycles. The average molecular weight is 806 g/mol. The number of ketones is 1. The first-order chi connectivity index (χ1) is 26.5. The van der Waals surface area contributed by atoms with Gasteiger partial charge in [0.15, 0.2) is 5.78 Å². The second-order valence-corrected chi connectivity index (χ2v) is 18.0. The van der Waals surface area contributed by atoms with E-state index in [0.717, 1.165) is 19.2 Å². The summed E-state index contributed by atoms with van der Waals surface area (Å²) in [7, 11) is 1.02. The highest BCUT2D eigenvalue weighted by Crippen LogP contribution is 2.67. The molecule has 1 aromatic heterocycles. The molecule has 3 aromatic rings. The Morgan fingerprint density at radius 3 is 1.98 bits per heavy atom. The fourth-order valence-corrected chi connectivity index (χ4v) is 9.36. The molecule has 0 aliphatic rings. The van der Waals surface area contributed by atoms with E-state index >= 15 is 9.18 Å². The number of hydrogen-bond acceptors (Lipinski definition) is 9. The number of nitrogens with two attached hydrogens (primary N) is 1. The molecule has 0 aliphatic carbocycles. The minimum Gasteiger partial charge on any atom is -0.481 e. The van der Waals surface area contributed by atoms with E-state index in [1.807, 2.05) is 0 Å². The Morgan fingerprint density at radius 1 is 0.931 bits per heavy atom. The molecule has 6 N–H and O–H groups in total. The van der Waals surface area contributed by atoms with Crippen LogP contribution in [-0.2, 0) is 25.7 Å². The van der Waals surface area contributed by atoms with Crippen LogP contribution in [0.2, 0.25) is 0 Å². The summed E-state index contributed by atoms with van der Waals surface area (Å²) in [5.74, 6) is -7.00. The number of Topliss-reactive ketones (excluding diaryl/α,β-unsaturated/α-hetero) is 1. The predicted molar refractivity (Wildman–Crippen MR) is 218 cm³/mol. The second kappa shape index (κ2) is 16.7. The second-order valence-electron chi connectivity index (χ2n) is 18.0. The minimum absolute atomic E-state index is 0.0225. The van der Waals surface area contributed by atoms with Gasteiger partial charge in [-0.25, -0.2) is 14.2 Å². The van der Waals surface area contributed by atoms with E-state index in [0.29, 0.717) is 27.2 Å². The molecule has 3 rings (SSSR count). The fraction of sp³-hybridized carbons (Fsp3) is 0.512. The number of benzene rings is 2. The number of H-pyrrole nitrogens is 1. The predicted octanol–water partition coefficient (Wildman–Crippen LogP) is 5.49. The summed E-state index contributed by atoms with van der Waals surface area (Å²) in [5.41, 5.74) is -3.20. The lowest BCUT2D eigenvalue weighted by molar-refractivity contribution is -0.222. The Balaban J connectivity index is 2.35. The first-order valence-electron chi connectivity index (χ1n) is 18.8. The zero-order valence-corrected chi connectivity index (χ0v) is 35.1. The molecule has 0 fully saturated rings. The van der Waals surface area contributed by atoms with Gasteiger partial charge < -0.3 is 35.8 Å². The average Bonchev–Trinajstić information content (AvgIpc) is 3.07. The maximum atomic E-state index is 16.5. The maximum absolute atomic E-state index is 16.5. The molecule has 0 aliphatic heterocycles. The quantitative estimate of drug-likeness (QED) is 0.0950. The number of carboxylic acid groups (broad SMARTS) is 3. The van der Waals surface area contributed by atoms with E-state index in [9.17, 15) is 39.3 Å². The summed E-state index contributed by atoms with van der Waals surface area (Å²) in [5, 5.41) is 32.5. The summed E-state index contributed by atoms with van der Waals surface area (Å²) < 4.78 is 16.5. The van der Waals surface area contributed by atoms with Crippen LogP contribution in [0.25, 0.3) is 10.9 Å². The van der Waals surface area contributed by atoms with Crippen molar-refractivity contribution in [1.82, 2.24) is 14.9 Å². The standard InChI is InChI=1S/C43H56FN5O9/c1-13-20-49(23-25-14-18-31-28(21-25)34(51)47-24(2)46-31)26-15-16-27(29(44)22-26)35(52)48(12)42(38(57)58,32(50)19-17-30(45)36(53)54)43(40(6,7)8,41(9,10)11)33(37(55)56)39(3,4)5/h1,14-16,18,21-22,30,33H,17,19-20,23,45H2,2-12H3,(H,53,54)(H,55,56)(H,57,58)(H,46,47,51)/t30-,33?,42+/m0/s1. The highest BCUT2D eigenvalue weighted by Gasteiger charge is 2.77. The Morgan fingerprint density at radius 2 is 1.52 bits per heavy atom. The van der Waals surface area contributed by atoms with E-state index < -0.39 is 93.0 Å². The molecule has 1 unspecified atom stereocenters. The van der Waals surface area contributed by atoms with Crippen molar-refractivity contribution in [3.8, 4) is 12.3 Å². The molecule has 0 saturated carbocycles. The van der Waals surface area contributed by atoms with Crippen molar-refractivity contribution < 1.29 is 43.7 Å². The number of carboxylic acids is 3. The number of aromatic nitrogens is 2. The van der Waals surface area contributed by atoms with Crippen LogP contribution in [0.4, 0.5) is 10.1 Å². The van der Waals surface area contributed by atoms with Crippen LogP contribution in [0.5, 0.6) is 0 Å². The molecule has 1 amide bonds. The summed E-state index contributed by atoms with van der Waals surface area (Å²) >= 11 is 0. The third-order valence-electron chi connectivity index (χ3n) is 11.1. The Labute approximate surface area is 338 Å². The van der Waals surface area contributed by atoms with Gasteiger partial charge in [0.1, 0.15) is 17.7 Å². The van der Waals surface area contributed by atoms with Crippen molar-refractivity contribution in [3.63, 3.8) is 0 Å². The smallest absolute Gasteiger partial charge is 0.338 e. The highest BCUT2D eigenvalue weighted by molar-refractivity contribution is 6.14. The summed E-state index contributed by atoms with van der Waals surface area (Å²) in [6.45, 7) is 16.0. The summed E-state index contributed by atoms with van der Waals surface area (Å²) in [6, 6.07) is 7.00. The van der Waals surface area contributed by atoms with Crippen molar-refractivity contribution in [2.75, 3.05) is 18.5 Å². The van der Waals surface area contributed by atoms with Crippen LogP contribution in [0.1, 0.15) is 96.9 Å². The van der Waals surface area contributed by atoms with Gasteiger partial charge in [-0.3, -0.25) is 24.0 Å². The first-order valence-corrected chi connectivity index (χ1v) is 18.8. The number of carbonyl (C=O) groups excluding carboxylic acids is 2. The lowest BCUT2D eigenvalue weighted by atomic mass is 9.37. The number of nitrogens with one attached hydrogen (secondary N) is 1. The molecule has 14 nitrogen and oxygen atoms in total. The highest BCUT2D eigenvalue weighted by atomic mass is 19.1. The fourth-order valence-electron chi connectivity index (χ4n) is 9.36. The monoisotopic (exact) mass is 805 g/mol. The molecule has 0 bridgehead atoms. The van der Waals surface area contributed by atoms with Gasteiger partial charge in [-0.05, 0) is 65.5 Å². The van der Waals surface area contributed by atoms with Crippen LogP contribution in [0, 0.1) is 52.7 Å². The van der Waals surface area contributed by atoms with Gasteiger partial charge in [0, 0.05) is 31.1 Å². The number of hydrogen-bond donors (Lipinski definition) is 5. The molecule has 1 heterocycles. The van der Waals surface area contributed by atoms with Gasteiger partial charge in [0.05, 0.1) is 28.9 Å². The normalized spacial score (nSPS) is 14.5. The number of nitrogens with zero attached hydrogens (tertiary/aromatic N) is 3. The lowest BCUT2D eigenvalue weighted by Gasteiger charge is -2.67. The maximum Gasteiger partial charge on any atom is 0.338 e. The van der Waals surface area contributed by atoms with Crippen LogP contribution in [0.3, 0.4) is 0 Å². The number of aryl methyl sites for hydroxylation is 1. The number of amides is 1. The molecular formula is C43H56FN5O9. The van der Waals surface area contributed by atoms with Crippen molar-refractivity contribution in [3.05, 3.63) is 69.5 Å². The van der Waals surface area contributed by atoms with Crippen molar-refractivity contribution in [2.45, 2.75) is 100 Å². The van der Waals surface area contributed by atoms with E-state index in [2.05, 4.69) is 15.9 Å². The van der Waals surface area contributed by atoms with Gasteiger partial charge in [0.25, 0.3) is 11.5 Å². The number of likely N-dealkylation sites (N-methyl/N-ethyl adjacent to an activating group) is 1. The number of carbonyl (C=O) groups is 5. The minimum atomic E-state index is -3.06. The molecule has 0 saturated heterocycles. The number of terminal acetylenes is 1. The topological polar surface area (TPSA) is 224 Å². The molecule has 15 heteroatoms. The van der Waals surface area contributed by atoms with E-state index in [1.165, 1.54) is 6.07 Å². The summed E-state index contributed by atoms with van der Waals surface area (Å²) in [6.07, 6.45) is 4.36. The van der Waals surface area contributed by atoms with Gasteiger partial charge in [0.2, 0.25) is 5.54 Å². The van der Waals surface area contributed by atoms with Crippen LogP contribution in [0.15, 0.2) is 41.2 Å². The van der Waals surface area contributed by atoms with Crippen molar-refractivity contribution in [1.29, 1.82) is 0 Å². The lowest BCUT2D eigenvalue weighted by Crippen LogP contribution is -2.79. The van der Waals surface area contributed by atoms with Crippen LogP contribution >= 0.6 is 0 Å². The van der Waals surface area contributed by atoms with E-state index in [1.54, 1.807) is 92.3 Å². The van der Waals surface area contributed by atoms with Crippen molar-refractivity contribution >= 4 is 46.2 Å². The molecular weight excluding hydrogens is 749 g/mol. The zero-order valence-electron chi connectivity index (χ0n) is 35.1. The third-order valence-corrected chi connectivity index (χ3v) is 11.1. The van der Waals surface area contributed by atoms with Gasteiger partial charge in [-0.2, -0.15) is 0 Å². The van der Waals surface area contributed by atoms with Gasteiger partial charge in [-0.1, -0.05) is 74.3 Å². The third kappa shape index (κ3) is 8.34. The number of halogens is 1. The zero-order chi connectivity index (χ0) is 44.5. The van der Waals surface area contributed by atoms with Crippen LogP contribution in [-0.4, -0.2) is 85.0 Å². The molecule has 3 atom stereocenters. The number of anilines is 1. The Kier molecular flexibility index (Phi) is 13.5. The van der Waals surface area contributed by atoms with E-state index in [4.69, 9.17) is 12.2 Å². The summed E-state index contributed by atoms with van der Waals surface area (Å²) in [4.78, 5) is 91.4. The SMILES string of the molecule is C#CCN(Cc1ccc2nc(C)[nH]c(=O)c2c1)c1ccc(C(=O)N(C)[C@@](C(=O)O)(C(=O)CC[C@H](N)C(=O)O)C(C(C(=O)O)C(C)(C)C)(C(C)(C)C)C(C)(C)C)c(F)c1. The first kappa shape index (κ1) is 46.8. The van der Waals surface area contributed by atoms with Gasteiger partial charge in [-0.15, -0.1) is 6.42 Å². The molecule has 314 valence electrons. The largest absolute Gasteiger partial charge is 0.481 e. The van der Waals surface area contributed by atoms with E-state index in [-0.39, 0.29) is 24.3 Å². The number of fused-ring (bicyclic) bond motifs is 1. The Bertz CT molecular complexity index is 2190. The van der Waals surface area contributed by atoms with Crippen molar-refractivity contribution in [2.24, 2.45) is 33.3 Å². The number of aliphatic carboxylic acids is 3.